The summed E-state index contributed by atoms with van der Waals surface area (Å²) in [5.74, 6) is 1.52. The second-order valence-corrected chi connectivity index (χ2v) is 5.77. The monoisotopic (exact) mass is 291 g/mol. The maximum Gasteiger partial charge on any atom is 0.223 e. The zero-order valence-corrected chi connectivity index (χ0v) is 13.3. The quantitative estimate of drug-likeness (QED) is 0.768. The van der Waals surface area contributed by atoms with Crippen LogP contribution in [0.4, 0.5) is 0 Å². The number of carbonyl (C=O) groups excluding carboxylic acids is 1. The maximum atomic E-state index is 12.0. The van der Waals surface area contributed by atoms with Crippen LogP contribution in [0.2, 0.25) is 0 Å². The summed E-state index contributed by atoms with van der Waals surface area (Å²) in [6.07, 6.45) is 3.44. The lowest BCUT2D eigenvalue weighted by Crippen LogP contribution is -2.29. The summed E-state index contributed by atoms with van der Waals surface area (Å²) in [4.78, 5) is 22.9. The Bertz CT molecular complexity index is 490. The molecular weight excluding hydrogens is 266 g/mol. The summed E-state index contributed by atoms with van der Waals surface area (Å²) >= 11 is 0. The smallest absolute Gasteiger partial charge is 0.223 e. The van der Waals surface area contributed by atoms with Crippen molar-refractivity contribution in [2.24, 2.45) is 5.92 Å². The molecule has 2 rings (SSSR count). The first kappa shape index (κ1) is 15.9. The van der Waals surface area contributed by atoms with Gasteiger partial charge in [-0.2, -0.15) is 0 Å². The van der Waals surface area contributed by atoms with Gasteiger partial charge in [0, 0.05) is 44.4 Å². The minimum atomic E-state index is 0.233. The average molecular weight is 291 g/mol. The van der Waals surface area contributed by atoms with Crippen LogP contribution < -0.4 is 0 Å². The molecule has 1 saturated heterocycles. The molecule has 1 aromatic heterocycles. The number of likely N-dealkylation sites (tertiary alicyclic amines) is 1. The fraction of sp³-hybridized carbons (Fsp3) is 0.688. The van der Waals surface area contributed by atoms with Gasteiger partial charge in [-0.3, -0.25) is 4.79 Å². The number of hydrogen-bond donors (Lipinski definition) is 0. The van der Waals surface area contributed by atoms with Gasteiger partial charge in [-0.15, -0.1) is 0 Å². The Morgan fingerprint density at radius 3 is 2.95 bits per heavy atom. The largest absolute Gasteiger partial charge is 0.383 e. The van der Waals surface area contributed by atoms with E-state index in [0.717, 1.165) is 43.0 Å². The molecular formula is C16H25N3O2. The van der Waals surface area contributed by atoms with Crippen LogP contribution in [-0.4, -0.2) is 47.6 Å². The fourth-order valence-electron chi connectivity index (χ4n) is 2.84. The highest BCUT2D eigenvalue weighted by Crippen LogP contribution is 2.21. The Kier molecular flexibility index (Phi) is 5.67. The van der Waals surface area contributed by atoms with Gasteiger partial charge in [-0.05, 0) is 31.7 Å². The van der Waals surface area contributed by atoms with Gasteiger partial charge < -0.3 is 9.64 Å². The van der Waals surface area contributed by atoms with Gasteiger partial charge in [0.15, 0.2) is 0 Å². The summed E-state index contributed by atoms with van der Waals surface area (Å²) in [5.41, 5.74) is 2.08. The highest BCUT2D eigenvalue weighted by Gasteiger charge is 2.29. The molecule has 1 aliphatic heterocycles. The Morgan fingerprint density at radius 1 is 1.43 bits per heavy atom. The van der Waals surface area contributed by atoms with Crippen molar-refractivity contribution < 1.29 is 9.53 Å². The number of nitrogens with zero attached hydrogens (tertiary/aromatic N) is 3. The predicted molar refractivity (Wildman–Crippen MR) is 81.0 cm³/mol. The molecule has 1 atom stereocenters. The van der Waals surface area contributed by atoms with Crippen LogP contribution in [0, 0.1) is 12.8 Å². The SMILES string of the molecule is CCCc1nc(C)cc(C[C@@H]2CC(=O)N(CCOC)C2)n1. The molecule has 0 spiro atoms. The molecule has 1 aliphatic rings. The van der Waals surface area contributed by atoms with E-state index in [4.69, 9.17) is 4.74 Å². The van der Waals surface area contributed by atoms with Gasteiger partial charge in [-0.1, -0.05) is 6.92 Å². The van der Waals surface area contributed by atoms with Crippen LogP contribution in [0.3, 0.4) is 0 Å². The zero-order chi connectivity index (χ0) is 15.2. The predicted octanol–water partition coefficient (Wildman–Crippen LogP) is 1.77. The van der Waals surface area contributed by atoms with Crippen LogP contribution >= 0.6 is 0 Å². The van der Waals surface area contributed by atoms with Crippen molar-refractivity contribution in [3.05, 3.63) is 23.3 Å². The fourth-order valence-corrected chi connectivity index (χ4v) is 2.84. The Labute approximate surface area is 126 Å². The van der Waals surface area contributed by atoms with E-state index < -0.39 is 0 Å². The molecule has 0 unspecified atom stereocenters. The number of aromatic nitrogens is 2. The minimum Gasteiger partial charge on any atom is -0.383 e. The second-order valence-electron chi connectivity index (χ2n) is 5.77. The normalized spacial score (nSPS) is 18.5. The van der Waals surface area contributed by atoms with Crippen molar-refractivity contribution in [1.82, 2.24) is 14.9 Å². The number of amides is 1. The van der Waals surface area contributed by atoms with E-state index in [2.05, 4.69) is 16.9 Å². The number of methoxy groups -OCH3 is 1. The number of ether oxygens (including phenoxy) is 1. The zero-order valence-electron chi connectivity index (χ0n) is 13.3. The maximum absolute atomic E-state index is 12.0. The third-order valence-corrected chi connectivity index (χ3v) is 3.78. The van der Waals surface area contributed by atoms with Gasteiger partial charge in [0.1, 0.15) is 5.82 Å². The van der Waals surface area contributed by atoms with Gasteiger partial charge in [0.2, 0.25) is 5.91 Å². The molecule has 1 aromatic rings. The third-order valence-electron chi connectivity index (χ3n) is 3.78. The minimum absolute atomic E-state index is 0.233. The lowest BCUT2D eigenvalue weighted by atomic mass is 10.0. The summed E-state index contributed by atoms with van der Waals surface area (Å²) in [6, 6.07) is 2.04. The van der Waals surface area contributed by atoms with E-state index in [1.165, 1.54) is 0 Å². The van der Waals surface area contributed by atoms with E-state index in [1.807, 2.05) is 17.9 Å². The Balaban J connectivity index is 1.97. The average Bonchev–Trinajstić information content (AvgIpc) is 2.76. The van der Waals surface area contributed by atoms with Gasteiger partial charge in [-0.25, -0.2) is 9.97 Å². The van der Waals surface area contributed by atoms with Crippen LogP contribution in [0.25, 0.3) is 0 Å². The first-order valence-corrected chi connectivity index (χ1v) is 7.72. The molecule has 0 bridgehead atoms. The van der Waals surface area contributed by atoms with Crippen molar-refractivity contribution in [3.63, 3.8) is 0 Å². The number of aryl methyl sites for hydroxylation is 2. The van der Waals surface area contributed by atoms with Crippen molar-refractivity contribution in [2.45, 2.75) is 39.5 Å². The molecule has 5 heteroatoms. The molecule has 21 heavy (non-hydrogen) atoms. The van der Waals surface area contributed by atoms with E-state index >= 15 is 0 Å². The summed E-state index contributed by atoms with van der Waals surface area (Å²) < 4.78 is 5.05. The van der Waals surface area contributed by atoms with E-state index in [9.17, 15) is 4.79 Å². The van der Waals surface area contributed by atoms with E-state index in [1.54, 1.807) is 7.11 Å². The summed E-state index contributed by atoms with van der Waals surface area (Å²) in [6.45, 7) is 6.25. The molecule has 0 aliphatic carbocycles. The number of carbonyl (C=O) groups is 1. The number of rotatable bonds is 7. The molecule has 0 aromatic carbocycles. The molecule has 5 nitrogen and oxygen atoms in total. The lowest BCUT2D eigenvalue weighted by molar-refractivity contribution is -0.128. The van der Waals surface area contributed by atoms with Crippen molar-refractivity contribution in [2.75, 3.05) is 26.8 Å². The Morgan fingerprint density at radius 2 is 2.24 bits per heavy atom. The second kappa shape index (κ2) is 7.50. The highest BCUT2D eigenvalue weighted by atomic mass is 16.5. The summed E-state index contributed by atoms with van der Waals surface area (Å²) in [5, 5.41) is 0. The third kappa shape index (κ3) is 4.49. The molecule has 1 amide bonds. The highest BCUT2D eigenvalue weighted by molar-refractivity contribution is 5.78. The lowest BCUT2D eigenvalue weighted by Gasteiger charge is -2.16. The van der Waals surface area contributed by atoms with Crippen molar-refractivity contribution in [3.8, 4) is 0 Å². The van der Waals surface area contributed by atoms with Crippen LogP contribution in [0.5, 0.6) is 0 Å². The molecule has 0 N–H and O–H groups in total. The molecule has 116 valence electrons. The van der Waals surface area contributed by atoms with Gasteiger partial charge >= 0.3 is 0 Å². The summed E-state index contributed by atoms with van der Waals surface area (Å²) in [7, 11) is 1.66. The molecule has 0 saturated carbocycles. The first-order valence-electron chi connectivity index (χ1n) is 7.72. The van der Waals surface area contributed by atoms with Gasteiger partial charge in [0.05, 0.1) is 6.61 Å². The number of hydrogen-bond acceptors (Lipinski definition) is 4. The van der Waals surface area contributed by atoms with Crippen molar-refractivity contribution >= 4 is 5.91 Å². The standard InChI is InChI=1S/C16H25N3O2/c1-4-5-15-17-12(2)8-14(18-15)9-13-10-16(20)19(11-13)6-7-21-3/h8,13H,4-7,9-11H2,1-3H3/t13-/m1/s1. The molecule has 2 heterocycles. The molecule has 1 fully saturated rings. The van der Waals surface area contributed by atoms with Crippen LogP contribution in [0.1, 0.15) is 37.0 Å². The van der Waals surface area contributed by atoms with E-state index in [-0.39, 0.29) is 5.91 Å². The van der Waals surface area contributed by atoms with Gasteiger partial charge in [0.25, 0.3) is 0 Å². The Hall–Kier alpha value is -1.49. The van der Waals surface area contributed by atoms with Crippen LogP contribution in [0.15, 0.2) is 6.07 Å². The van der Waals surface area contributed by atoms with Crippen molar-refractivity contribution in [1.29, 1.82) is 0 Å². The topological polar surface area (TPSA) is 55.3 Å². The van der Waals surface area contributed by atoms with Crippen LogP contribution in [-0.2, 0) is 22.4 Å². The first-order chi connectivity index (χ1) is 10.1. The van der Waals surface area contributed by atoms with E-state index in [0.29, 0.717) is 25.5 Å². The molecule has 0 radical (unpaired) electrons.